The number of hydrogen-bond donors (Lipinski definition) is 1. The third-order valence-corrected chi connectivity index (χ3v) is 6.87. The number of fused-ring (bicyclic) bond motifs is 1. The molecule has 0 bridgehead atoms. The fourth-order valence-electron chi connectivity index (χ4n) is 2.67. The van der Waals surface area contributed by atoms with Gasteiger partial charge in [-0.3, -0.25) is 4.79 Å². The summed E-state index contributed by atoms with van der Waals surface area (Å²) in [5.41, 5.74) is 3.84. The zero-order valence-corrected chi connectivity index (χ0v) is 18.0. The van der Waals surface area contributed by atoms with Crippen LogP contribution < -0.4 is 5.32 Å². The van der Waals surface area contributed by atoms with Gasteiger partial charge in [-0.15, -0.1) is 21.5 Å². The summed E-state index contributed by atoms with van der Waals surface area (Å²) in [5.74, 6) is 0.141. The molecule has 0 fully saturated rings. The van der Waals surface area contributed by atoms with Crippen LogP contribution in [0.15, 0.2) is 35.4 Å². The van der Waals surface area contributed by atoms with E-state index in [1.165, 1.54) is 28.7 Å². The molecule has 0 unspecified atom stereocenters. The first-order valence-corrected chi connectivity index (χ1v) is 11.2. The Hall–Kier alpha value is -2.36. The van der Waals surface area contributed by atoms with E-state index in [0.717, 1.165) is 31.5 Å². The molecule has 0 spiro atoms. The van der Waals surface area contributed by atoms with Gasteiger partial charge < -0.3 is 5.32 Å². The van der Waals surface area contributed by atoms with Crippen LogP contribution in [0.25, 0.3) is 20.8 Å². The number of thioether (sulfide) groups is 1. The van der Waals surface area contributed by atoms with Crippen molar-refractivity contribution in [2.45, 2.75) is 25.8 Å². The van der Waals surface area contributed by atoms with Crippen molar-refractivity contribution in [2.24, 2.45) is 0 Å². The fourth-order valence-corrected chi connectivity index (χ4v) is 5.15. The number of thiazole rings is 2. The zero-order valence-electron chi connectivity index (χ0n) is 15.5. The van der Waals surface area contributed by atoms with Gasteiger partial charge in [0.15, 0.2) is 5.13 Å². The van der Waals surface area contributed by atoms with Gasteiger partial charge in [0.05, 0.1) is 31.5 Å². The van der Waals surface area contributed by atoms with E-state index in [4.69, 9.17) is 0 Å². The van der Waals surface area contributed by atoms with Crippen molar-refractivity contribution in [3.8, 4) is 10.6 Å². The smallest absolute Gasteiger partial charge is 0.236 e. The predicted octanol–water partition coefficient (Wildman–Crippen LogP) is 4.87. The summed E-state index contributed by atoms with van der Waals surface area (Å²) in [5, 5.41) is 13.7. The Morgan fingerprint density at radius 2 is 1.93 bits per heavy atom. The van der Waals surface area contributed by atoms with Crippen molar-refractivity contribution in [3.05, 3.63) is 46.6 Å². The lowest BCUT2D eigenvalue weighted by molar-refractivity contribution is -0.113. The molecule has 4 aromatic rings. The number of benzene rings is 1. The molecular weight excluding hydrogens is 410 g/mol. The number of carbonyl (C=O) groups excluding carboxylic acids is 1. The van der Waals surface area contributed by atoms with E-state index in [-0.39, 0.29) is 11.7 Å². The number of amides is 1. The van der Waals surface area contributed by atoms with E-state index in [1.54, 1.807) is 11.3 Å². The normalized spacial score (nSPS) is 11.1. The van der Waals surface area contributed by atoms with Crippen molar-refractivity contribution in [1.29, 1.82) is 0 Å². The van der Waals surface area contributed by atoms with Gasteiger partial charge in [-0.05, 0) is 50.6 Å². The number of anilines is 1. The van der Waals surface area contributed by atoms with E-state index >= 15 is 0 Å². The van der Waals surface area contributed by atoms with Crippen LogP contribution in [0.2, 0.25) is 0 Å². The molecular formula is C19H17N5OS3. The van der Waals surface area contributed by atoms with Crippen LogP contribution in [0.3, 0.4) is 0 Å². The molecule has 9 heteroatoms. The van der Waals surface area contributed by atoms with Crippen LogP contribution >= 0.6 is 34.4 Å². The summed E-state index contributed by atoms with van der Waals surface area (Å²) >= 11 is 4.43. The molecule has 0 aliphatic heterocycles. The van der Waals surface area contributed by atoms with Crippen LogP contribution in [0, 0.1) is 20.8 Å². The van der Waals surface area contributed by atoms with Crippen molar-refractivity contribution in [2.75, 3.05) is 11.1 Å². The number of rotatable bonds is 5. The van der Waals surface area contributed by atoms with E-state index < -0.39 is 0 Å². The van der Waals surface area contributed by atoms with E-state index in [1.807, 2.05) is 45.0 Å². The van der Waals surface area contributed by atoms with Gasteiger partial charge in [-0.1, -0.05) is 29.2 Å². The highest BCUT2D eigenvalue weighted by Crippen LogP contribution is 2.29. The molecule has 28 heavy (non-hydrogen) atoms. The Morgan fingerprint density at radius 1 is 1.07 bits per heavy atom. The Balaban J connectivity index is 1.37. The second kappa shape index (κ2) is 7.94. The maximum atomic E-state index is 12.2. The lowest BCUT2D eigenvalue weighted by atomic mass is 10.2. The van der Waals surface area contributed by atoms with Gasteiger partial charge in [0.25, 0.3) is 0 Å². The molecule has 1 amide bonds. The Kier molecular flexibility index (Phi) is 5.38. The second-order valence-electron chi connectivity index (χ2n) is 6.23. The molecule has 1 N–H and O–H groups in total. The molecule has 0 aliphatic carbocycles. The summed E-state index contributed by atoms with van der Waals surface area (Å²) < 4.78 is 1.07. The number of hydrogen-bond acceptors (Lipinski definition) is 8. The van der Waals surface area contributed by atoms with Crippen LogP contribution in [0.5, 0.6) is 0 Å². The minimum atomic E-state index is -0.111. The monoisotopic (exact) mass is 427 g/mol. The second-order valence-corrected chi connectivity index (χ2v) is 9.46. The molecule has 4 rings (SSSR count). The summed E-state index contributed by atoms with van der Waals surface area (Å²) in [6, 6.07) is 9.86. The van der Waals surface area contributed by atoms with Gasteiger partial charge in [0, 0.05) is 0 Å². The lowest BCUT2D eigenvalue weighted by Crippen LogP contribution is -2.13. The maximum Gasteiger partial charge on any atom is 0.236 e. The average molecular weight is 428 g/mol. The summed E-state index contributed by atoms with van der Waals surface area (Å²) in [6.45, 7) is 5.98. The minimum Gasteiger partial charge on any atom is -0.301 e. The Labute approximate surface area is 174 Å². The first-order chi connectivity index (χ1) is 13.5. The average Bonchev–Trinajstić information content (AvgIpc) is 3.21. The molecule has 0 saturated carbocycles. The van der Waals surface area contributed by atoms with Gasteiger partial charge in [0.1, 0.15) is 10.7 Å². The van der Waals surface area contributed by atoms with Gasteiger partial charge in [0.2, 0.25) is 5.91 Å². The summed E-state index contributed by atoms with van der Waals surface area (Å²) in [7, 11) is 0. The molecule has 3 heterocycles. The standard InChI is InChI=1S/C19H17N5OS3/c1-10-4-5-13-15(8-10)28-19(21-13)22-16(25)9-26-17-7-6-14(23-24-17)18-11(2)20-12(3)27-18/h4-8H,9H2,1-3H3,(H,21,22,25). The van der Waals surface area contributed by atoms with Gasteiger partial charge in [-0.2, -0.15) is 0 Å². The lowest BCUT2D eigenvalue weighted by Gasteiger charge is -2.02. The van der Waals surface area contributed by atoms with E-state index in [9.17, 15) is 4.79 Å². The number of nitrogens with zero attached hydrogens (tertiary/aromatic N) is 4. The molecule has 0 aliphatic rings. The number of nitrogens with one attached hydrogen (secondary N) is 1. The SMILES string of the molecule is Cc1ccc2nc(NC(=O)CSc3ccc(-c4sc(C)nc4C)nn3)sc2c1. The molecule has 0 saturated heterocycles. The predicted molar refractivity (Wildman–Crippen MR) is 116 cm³/mol. The van der Waals surface area contributed by atoms with Crippen molar-refractivity contribution in [3.63, 3.8) is 0 Å². The van der Waals surface area contributed by atoms with Crippen molar-refractivity contribution >= 4 is 55.7 Å². The topological polar surface area (TPSA) is 80.7 Å². The van der Waals surface area contributed by atoms with E-state index in [2.05, 4.69) is 31.5 Å². The van der Waals surface area contributed by atoms with Crippen molar-refractivity contribution in [1.82, 2.24) is 20.2 Å². The first-order valence-electron chi connectivity index (χ1n) is 8.56. The molecule has 0 radical (unpaired) electrons. The summed E-state index contributed by atoms with van der Waals surface area (Å²) in [6.07, 6.45) is 0. The van der Waals surface area contributed by atoms with Gasteiger partial charge in [-0.25, -0.2) is 9.97 Å². The number of carbonyl (C=O) groups is 1. The number of aromatic nitrogens is 4. The molecule has 6 nitrogen and oxygen atoms in total. The van der Waals surface area contributed by atoms with Crippen LogP contribution in [0.1, 0.15) is 16.3 Å². The Bertz CT molecular complexity index is 1150. The minimum absolute atomic E-state index is 0.111. The largest absolute Gasteiger partial charge is 0.301 e. The van der Waals surface area contributed by atoms with Crippen molar-refractivity contribution < 1.29 is 4.79 Å². The van der Waals surface area contributed by atoms with Crippen LogP contribution in [-0.2, 0) is 4.79 Å². The zero-order chi connectivity index (χ0) is 19.7. The highest BCUT2D eigenvalue weighted by Gasteiger charge is 2.12. The maximum absolute atomic E-state index is 12.2. The highest BCUT2D eigenvalue weighted by atomic mass is 32.2. The molecule has 3 aromatic heterocycles. The third kappa shape index (κ3) is 4.21. The van der Waals surface area contributed by atoms with Crippen LogP contribution in [0.4, 0.5) is 5.13 Å². The highest BCUT2D eigenvalue weighted by molar-refractivity contribution is 7.99. The molecule has 1 aromatic carbocycles. The first kappa shape index (κ1) is 19.0. The quantitative estimate of drug-likeness (QED) is 0.458. The summed E-state index contributed by atoms with van der Waals surface area (Å²) in [4.78, 5) is 22.1. The third-order valence-electron chi connectivity index (χ3n) is 3.92. The molecule has 0 atom stereocenters. The van der Waals surface area contributed by atoms with E-state index in [0.29, 0.717) is 10.2 Å². The Morgan fingerprint density at radius 3 is 2.64 bits per heavy atom. The van der Waals surface area contributed by atoms with Crippen LogP contribution in [-0.4, -0.2) is 31.8 Å². The fraction of sp³-hybridized carbons (Fsp3) is 0.211. The molecule has 142 valence electrons. The number of aryl methyl sites for hydroxylation is 3. The van der Waals surface area contributed by atoms with Gasteiger partial charge >= 0.3 is 0 Å².